The molecule has 5 heteroatoms. The summed E-state index contributed by atoms with van der Waals surface area (Å²) in [5.74, 6) is 0.626. The van der Waals surface area contributed by atoms with Gasteiger partial charge >= 0.3 is 0 Å². The van der Waals surface area contributed by atoms with Crippen LogP contribution < -0.4 is 10.1 Å². The maximum absolute atomic E-state index is 12.3. The second-order valence-corrected chi connectivity index (χ2v) is 5.46. The number of benzene rings is 1. The van der Waals surface area contributed by atoms with Crippen molar-refractivity contribution < 1.29 is 14.3 Å². The minimum absolute atomic E-state index is 0.0631. The van der Waals surface area contributed by atoms with E-state index >= 15 is 0 Å². The Labute approximate surface area is 125 Å². The number of hydrogen-bond donors (Lipinski definition) is 1. The van der Waals surface area contributed by atoms with Gasteiger partial charge in [0.05, 0.1) is 6.04 Å². The lowest BCUT2D eigenvalue weighted by Gasteiger charge is -2.20. The van der Waals surface area contributed by atoms with Gasteiger partial charge in [-0.25, -0.2) is 0 Å². The van der Waals surface area contributed by atoms with Crippen LogP contribution in [-0.2, 0) is 9.59 Å². The van der Waals surface area contributed by atoms with E-state index in [1.807, 2.05) is 38.1 Å². The van der Waals surface area contributed by atoms with E-state index < -0.39 is 6.10 Å². The van der Waals surface area contributed by atoms with Gasteiger partial charge in [-0.1, -0.05) is 25.1 Å². The molecule has 0 saturated carbocycles. The van der Waals surface area contributed by atoms with E-state index in [1.54, 1.807) is 11.9 Å². The van der Waals surface area contributed by atoms with Crippen LogP contribution in [0.5, 0.6) is 5.75 Å². The number of nitrogens with zero attached hydrogens (tertiary/aromatic N) is 1. The lowest BCUT2D eigenvalue weighted by atomic mass is 10.2. The predicted molar refractivity (Wildman–Crippen MR) is 80.1 cm³/mol. The van der Waals surface area contributed by atoms with E-state index in [9.17, 15) is 9.59 Å². The van der Waals surface area contributed by atoms with E-state index in [0.29, 0.717) is 19.4 Å². The molecular weight excluding hydrogens is 268 g/mol. The van der Waals surface area contributed by atoms with E-state index in [0.717, 1.165) is 11.3 Å². The summed E-state index contributed by atoms with van der Waals surface area (Å²) in [6.07, 6.45) is 0.409. The number of nitrogens with one attached hydrogen (secondary N) is 1. The molecule has 1 saturated heterocycles. The number of likely N-dealkylation sites (tertiary alicyclic amines) is 1. The summed E-state index contributed by atoms with van der Waals surface area (Å²) in [5, 5.41) is 2.90. The van der Waals surface area contributed by atoms with Crippen molar-refractivity contribution in [3.8, 4) is 5.75 Å². The normalized spacial score (nSPS) is 19.5. The number of para-hydroxylation sites is 1. The zero-order valence-corrected chi connectivity index (χ0v) is 12.8. The average molecular weight is 290 g/mol. The lowest BCUT2D eigenvalue weighted by molar-refractivity contribution is -0.128. The van der Waals surface area contributed by atoms with Gasteiger partial charge in [-0.2, -0.15) is 0 Å². The number of likely N-dealkylation sites (N-methyl/N-ethyl adjacent to an activating group) is 1. The molecule has 1 aromatic rings. The van der Waals surface area contributed by atoms with Crippen LogP contribution in [0.15, 0.2) is 24.3 Å². The van der Waals surface area contributed by atoms with Crippen LogP contribution in [0, 0.1) is 6.92 Å². The molecule has 1 N–H and O–H groups in total. The number of amides is 2. The number of hydrogen-bond acceptors (Lipinski definition) is 3. The average Bonchev–Trinajstić information content (AvgIpc) is 2.76. The fraction of sp³-hybridized carbons (Fsp3) is 0.500. The van der Waals surface area contributed by atoms with E-state index in [4.69, 9.17) is 4.74 Å². The van der Waals surface area contributed by atoms with Crippen LogP contribution in [0.3, 0.4) is 0 Å². The molecule has 2 rings (SSSR count). The number of aryl methyl sites for hydroxylation is 1. The van der Waals surface area contributed by atoms with Crippen LogP contribution in [-0.4, -0.2) is 42.5 Å². The zero-order valence-electron chi connectivity index (χ0n) is 12.8. The molecule has 0 radical (unpaired) electrons. The van der Waals surface area contributed by atoms with Gasteiger partial charge in [0.1, 0.15) is 5.75 Å². The highest BCUT2D eigenvalue weighted by Crippen LogP contribution is 2.19. The number of carbonyl (C=O) groups excluding carboxylic acids is 2. The van der Waals surface area contributed by atoms with E-state index in [2.05, 4.69) is 5.32 Å². The summed E-state index contributed by atoms with van der Waals surface area (Å²) in [6, 6.07) is 7.51. The Bertz CT molecular complexity index is 530. The van der Waals surface area contributed by atoms with Crippen molar-refractivity contribution in [1.29, 1.82) is 0 Å². The van der Waals surface area contributed by atoms with Crippen molar-refractivity contribution in [2.24, 2.45) is 0 Å². The van der Waals surface area contributed by atoms with Gasteiger partial charge in [0, 0.05) is 20.0 Å². The first kappa shape index (κ1) is 15.4. The molecule has 2 atom stereocenters. The van der Waals surface area contributed by atoms with Gasteiger partial charge < -0.3 is 15.0 Å². The third kappa shape index (κ3) is 3.74. The van der Waals surface area contributed by atoms with Crippen molar-refractivity contribution in [3.05, 3.63) is 29.8 Å². The van der Waals surface area contributed by atoms with E-state index in [1.165, 1.54) is 0 Å². The van der Waals surface area contributed by atoms with Crippen LogP contribution in [0.4, 0.5) is 0 Å². The second-order valence-electron chi connectivity index (χ2n) is 5.46. The Kier molecular flexibility index (Phi) is 4.83. The van der Waals surface area contributed by atoms with Crippen LogP contribution in [0.2, 0.25) is 0 Å². The topological polar surface area (TPSA) is 58.6 Å². The predicted octanol–water partition coefficient (Wildman–Crippen LogP) is 1.50. The molecule has 1 fully saturated rings. The van der Waals surface area contributed by atoms with Gasteiger partial charge in [0.25, 0.3) is 5.91 Å². The summed E-state index contributed by atoms with van der Waals surface area (Å²) in [6.45, 7) is 4.42. The molecule has 21 heavy (non-hydrogen) atoms. The third-order valence-electron chi connectivity index (χ3n) is 3.71. The summed E-state index contributed by atoms with van der Waals surface area (Å²) < 4.78 is 5.81. The number of carbonyl (C=O) groups is 2. The van der Waals surface area contributed by atoms with Gasteiger partial charge in [-0.15, -0.1) is 0 Å². The summed E-state index contributed by atoms with van der Waals surface area (Å²) in [4.78, 5) is 25.4. The standard InChI is InChI=1S/C16H22N2O3/c1-4-13(21-14-8-6-5-7-11(14)2)16(20)17-12-9-15(19)18(3)10-12/h5-8,12-13H,4,9-10H2,1-3H3,(H,17,20)/t12-,13-/m1/s1. The number of ether oxygens (including phenoxy) is 1. The first-order chi connectivity index (χ1) is 10.0. The fourth-order valence-corrected chi connectivity index (χ4v) is 2.42. The molecule has 0 bridgehead atoms. The number of rotatable bonds is 5. The summed E-state index contributed by atoms with van der Waals surface area (Å²) >= 11 is 0. The Balaban J connectivity index is 1.96. The SMILES string of the molecule is CC[C@@H](Oc1ccccc1C)C(=O)N[C@@H]1CC(=O)N(C)C1. The molecule has 0 aromatic heterocycles. The third-order valence-corrected chi connectivity index (χ3v) is 3.71. The molecule has 1 aliphatic rings. The maximum atomic E-state index is 12.3. The van der Waals surface area contributed by atoms with Crippen molar-refractivity contribution in [3.63, 3.8) is 0 Å². The molecule has 0 spiro atoms. The Morgan fingerprint density at radius 1 is 1.48 bits per heavy atom. The highest BCUT2D eigenvalue weighted by Gasteiger charge is 2.30. The van der Waals surface area contributed by atoms with Crippen LogP contribution in [0.1, 0.15) is 25.3 Å². The highest BCUT2D eigenvalue weighted by molar-refractivity contribution is 5.84. The van der Waals surface area contributed by atoms with Crippen molar-refractivity contribution in [2.75, 3.05) is 13.6 Å². The maximum Gasteiger partial charge on any atom is 0.261 e. The molecular formula is C16H22N2O3. The van der Waals surface area contributed by atoms with Gasteiger partial charge in [-0.05, 0) is 25.0 Å². The largest absolute Gasteiger partial charge is 0.480 e. The van der Waals surface area contributed by atoms with Crippen molar-refractivity contribution in [2.45, 2.75) is 38.8 Å². The monoisotopic (exact) mass is 290 g/mol. The van der Waals surface area contributed by atoms with Gasteiger partial charge in [0.15, 0.2) is 6.10 Å². The molecule has 0 unspecified atom stereocenters. The minimum Gasteiger partial charge on any atom is -0.480 e. The Morgan fingerprint density at radius 2 is 2.19 bits per heavy atom. The smallest absolute Gasteiger partial charge is 0.261 e. The molecule has 1 heterocycles. The first-order valence-electron chi connectivity index (χ1n) is 7.28. The van der Waals surface area contributed by atoms with Crippen LogP contribution in [0.25, 0.3) is 0 Å². The van der Waals surface area contributed by atoms with Gasteiger partial charge in [0.2, 0.25) is 5.91 Å². The Hall–Kier alpha value is -2.04. The molecule has 5 nitrogen and oxygen atoms in total. The summed E-state index contributed by atoms with van der Waals surface area (Å²) in [7, 11) is 1.75. The highest BCUT2D eigenvalue weighted by atomic mass is 16.5. The van der Waals surface area contributed by atoms with E-state index in [-0.39, 0.29) is 17.9 Å². The summed E-state index contributed by atoms with van der Waals surface area (Å²) in [5.41, 5.74) is 1.000. The van der Waals surface area contributed by atoms with Crippen molar-refractivity contribution >= 4 is 11.8 Å². The zero-order chi connectivity index (χ0) is 15.4. The molecule has 0 aliphatic carbocycles. The van der Waals surface area contributed by atoms with Gasteiger partial charge in [-0.3, -0.25) is 9.59 Å². The molecule has 1 aromatic carbocycles. The lowest BCUT2D eigenvalue weighted by Crippen LogP contribution is -2.44. The minimum atomic E-state index is -0.535. The Morgan fingerprint density at radius 3 is 2.76 bits per heavy atom. The molecule has 2 amide bonds. The molecule has 1 aliphatic heterocycles. The quantitative estimate of drug-likeness (QED) is 0.894. The first-order valence-corrected chi connectivity index (χ1v) is 7.28. The second kappa shape index (κ2) is 6.61. The molecule has 114 valence electrons. The van der Waals surface area contributed by atoms with Crippen molar-refractivity contribution in [1.82, 2.24) is 10.2 Å². The van der Waals surface area contributed by atoms with Crippen LogP contribution >= 0.6 is 0 Å². The fourth-order valence-electron chi connectivity index (χ4n) is 2.42.